The molecule has 5 heteroatoms. The van der Waals surface area contributed by atoms with Crippen molar-refractivity contribution in [3.63, 3.8) is 0 Å². The molecule has 0 aliphatic carbocycles. The molecule has 1 saturated heterocycles. The Balaban J connectivity index is 2.32. The van der Waals surface area contributed by atoms with E-state index in [1.165, 1.54) is 0 Å². The minimum atomic E-state index is -0.944. The van der Waals surface area contributed by atoms with E-state index in [1.54, 1.807) is 30.0 Å². The number of carboxylic acid groups (broad SMARTS) is 1. The highest BCUT2D eigenvalue weighted by Crippen LogP contribution is 2.26. The predicted molar refractivity (Wildman–Crippen MR) is 67.8 cm³/mol. The highest BCUT2D eigenvalue weighted by atomic mass is 79.9. The van der Waals surface area contributed by atoms with Gasteiger partial charge < -0.3 is 10.0 Å². The second kappa shape index (κ2) is 4.49. The minimum Gasteiger partial charge on any atom is -0.478 e. The van der Waals surface area contributed by atoms with Gasteiger partial charge in [0.05, 0.1) is 5.56 Å². The van der Waals surface area contributed by atoms with Crippen molar-refractivity contribution >= 4 is 33.5 Å². The van der Waals surface area contributed by atoms with Gasteiger partial charge in [-0.05, 0) is 30.7 Å². The van der Waals surface area contributed by atoms with Crippen molar-refractivity contribution in [3.05, 3.63) is 29.3 Å². The molecule has 1 unspecified atom stereocenters. The lowest BCUT2D eigenvalue weighted by Gasteiger charge is -2.17. The monoisotopic (exact) mass is 297 g/mol. The van der Waals surface area contributed by atoms with Crippen molar-refractivity contribution in [1.82, 2.24) is 0 Å². The summed E-state index contributed by atoms with van der Waals surface area (Å²) in [6.45, 7) is 2.36. The van der Waals surface area contributed by atoms with E-state index in [0.29, 0.717) is 18.5 Å². The molecule has 1 atom stereocenters. The third-order valence-corrected chi connectivity index (χ3v) is 3.44. The van der Waals surface area contributed by atoms with Crippen molar-refractivity contribution in [2.24, 2.45) is 0 Å². The Morgan fingerprint density at radius 1 is 1.53 bits per heavy atom. The van der Waals surface area contributed by atoms with Gasteiger partial charge in [-0.2, -0.15) is 0 Å². The number of carboxylic acids is 1. The van der Waals surface area contributed by atoms with Crippen molar-refractivity contribution in [3.8, 4) is 0 Å². The van der Waals surface area contributed by atoms with E-state index < -0.39 is 5.97 Å². The number of alkyl halides is 1. The first-order chi connectivity index (χ1) is 7.99. The Hall–Kier alpha value is -1.36. The Kier molecular flexibility index (Phi) is 3.19. The summed E-state index contributed by atoms with van der Waals surface area (Å²) in [5.74, 6) is -0.880. The van der Waals surface area contributed by atoms with Crippen molar-refractivity contribution < 1.29 is 14.7 Å². The normalized spacial score (nSPS) is 19.8. The molecule has 0 radical (unpaired) electrons. The van der Waals surface area contributed by atoms with Crippen molar-refractivity contribution in [2.45, 2.75) is 18.2 Å². The van der Waals surface area contributed by atoms with E-state index in [2.05, 4.69) is 15.9 Å². The fourth-order valence-corrected chi connectivity index (χ4v) is 2.54. The van der Waals surface area contributed by atoms with Crippen molar-refractivity contribution in [1.29, 1.82) is 0 Å². The quantitative estimate of drug-likeness (QED) is 0.852. The molecule has 1 fully saturated rings. The first-order valence-electron chi connectivity index (χ1n) is 5.27. The number of nitrogens with zero attached hydrogens (tertiary/aromatic N) is 1. The standard InChI is InChI=1S/C12H12BrNO3/c1-7-4-9(2-3-10(7)12(16)17)14-6-8(13)5-11(14)15/h2-4,8H,5-6H2,1H3,(H,16,17). The first kappa shape index (κ1) is 12.1. The Morgan fingerprint density at radius 2 is 2.24 bits per heavy atom. The van der Waals surface area contributed by atoms with E-state index in [9.17, 15) is 9.59 Å². The van der Waals surface area contributed by atoms with Crippen molar-refractivity contribution in [2.75, 3.05) is 11.4 Å². The number of carbonyl (C=O) groups is 2. The molecular formula is C12H12BrNO3. The zero-order chi connectivity index (χ0) is 12.6. The number of amides is 1. The van der Waals surface area contributed by atoms with E-state index in [-0.39, 0.29) is 16.3 Å². The van der Waals surface area contributed by atoms with Crippen LogP contribution in [0.5, 0.6) is 0 Å². The fourth-order valence-electron chi connectivity index (χ4n) is 1.97. The third kappa shape index (κ3) is 2.34. The molecule has 1 aromatic carbocycles. The van der Waals surface area contributed by atoms with Crippen LogP contribution in [0.1, 0.15) is 22.3 Å². The minimum absolute atomic E-state index is 0.0642. The van der Waals surface area contributed by atoms with Gasteiger partial charge in [-0.3, -0.25) is 4.79 Å². The van der Waals surface area contributed by atoms with Crippen LogP contribution in [-0.4, -0.2) is 28.4 Å². The molecule has 1 N–H and O–H groups in total. The van der Waals surface area contributed by atoms with Crippen LogP contribution < -0.4 is 4.90 Å². The molecular weight excluding hydrogens is 286 g/mol. The second-order valence-electron chi connectivity index (χ2n) is 4.11. The van der Waals surface area contributed by atoms with E-state index in [1.807, 2.05) is 0 Å². The molecule has 0 bridgehead atoms. The number of halogens is 1. The Morgan fingerprint density at radius 3 is 2.71 bits per heavy atom. The number of aromatic carboxylic acids is 1. The van der Waals surface area contributed by atoms with Crippen LogP contribution in [0.15, 0.2) is 18.2 Å². The van der Waals surface area contributed by atoms with Gasteiger partial charge in [0, 0.05) is 23.5 Å². The van der Waals surface area contributed by atoms with Gasteiger partial charge in [-0.1, -0.05) is 15.9 Å². The first-order valence-corrected chi connectivity index (χ1v) is 6.19. The molecule has 2 rings (SSSR count). The summed E-state index contributed by atoms with van der Waals surface area (Å²) in [6.07, 6.45) is 0.486. The smallest absolute Gasteiger partial charge is 0.335 e. The lowest BCUT2D eigenvalue weighted by molar-refractivity contribution is -0.117. The van der Waals surface area contributed by atoms with Crippen LogP contribution in [0, 0.1) is 6.92 Å². The van der Waals surface area contributed by atoms with E-state index >= 15 is 0 Å². The summed E-state index contributed by atoms with van der Waals surface area (Å²) in [7, 11) is 0. The van der Waals surface area contributed by atoms with Gasteiger partial charge in [-0.15, -0.1) is 0 Å². The van der Waals surface area contributed by atoms with Crippen LogP contribution in [-0.2, 0) is 4.79 Å². The summed E-state index contributed by atoms with van der Waals surface area (Å²) < 4.78 is 0. The van der Waals surface area contributed by atoms with Gasteiger partial charge in [0.2, 0.25) is 5.91 Å². The average Bonchev–Trinajstić information content (AvgIpc) is 2.57. The molecule has 0 spiro atoms. The third-order valence-electron chi connectivity index (χ3n) is 2.83. The molecule has 90 valence electrons. The summed E-state index contributed by atoms with van der Waals surface area (Å²) in [6, 6.07) is 4.97. The highest BCUT2D eigenvalue weighted by molar-refractivity contribution is 9.09. The predicted octanol–water partition coefficient (Wildman–Crippen LogP) is 2.19. The maximum Gasteiger partial charge on any atom is 0.335 e. The maximum atomic E-state index is 11.7. The lowest BCUT2D eigenvalue weighted by atomic mass is 10.1. The maximum absolute atomic E-state index is 11.7. The SMILES string of the molecule is Cc1cc(N2CC(Br)CC2=O)ccc1C(=O)O. The van der Waals surface area contributed by atoms with Gasteiger partial charge in [0.25, 0.3) is 0 Å². The zero-order valence-corrected chi connectivity index (χ0v) is 10.9. The molecule has 4 nitrogen and oxygen atoms in total. The van der Waals surface area contributed by atoms with Crippen LogP contribution in [0.25, 0.3) is 0 Å². The number of rotatable bonds is 2. The summed E-state index contributed by atoms with van der Waals surface area (Å²) in [4.78, 5) is 24.4. The Labute approximate surface area is 107 Å². The number of anilines is 1. The van der Waals surface area contributed by atoms with Gasteiger partial charge in [-0.25, -0.2) is 4.79 Å². The molecule has 1 aliphatic rings. The topological polar surface area (TPSA) is 57.6 Å². The molecule has 1 aliphatic heterocycles. The van der Waals surface area contributed by atoms with E-state index in [4.69, 9.17) is 5.11 Å². The summed E-state index contributed by atoms with van der Waals surface area (Å²) in [5.41, 5.74) is 1.70. The van der Waals surface area contributed by atoms with E-state index in [0.717, 1.165) is 5.69 Å². The average molecular weight is 298 g/mol. The summed E-state index contributed by atoms with van der Waals surface area (Å²) in [5, 5.41) is 8.93. The van der Waals surface area contributed by atoms with Gasteiger partial charge >= 0.3 is 5.97 Å². The lowest BCUT2D eigenvalue weighted by Crippen LogP contribution is -2.24. The van der Waals surface area contributed by atoms with Crippen LogP contribution >= 0.6 is 15.9 Å². The highest BCUT2D eigenvalue weighted by Gasteiger charge is 2.29. The number of benzene rings is 1. The largest absolute Gasteiger partial charge is 0.478 e. The van der Waals surface area contributed by atoms with Gasteiger partial charge in [0.1, 0.15) is 0 Å². The number of hydrogen-bond acceptors (Lipinski definition) is 2. The summed E-state index contributed by atoms with van der Waals surface area (Å²) >= 11 is 3.42. The number of hydrogen-bond donors (Lipinski definition) is 1. The van der Waals surface area contributed by atoms with Crippen LogP contribution in [0.3, 0.4) is 0 Å². The fraction of sp³-hybridized carbons (Fsp3) is 0.333. The van der Waals surface area contributed by atoms with Crippen LogP contribution in [0.4, 0.5) is 5.69 Å². The van der Waals surface area contributed by atoms with Crippen LogP contribution in [0.2, 0.25) is 0 Å². The molecule has 1 heterocycles. The number of aryl methyl sites for hydroxylation is 1. The zero-order valence-electron chi connectivity index (χ0n) is 9.31. The second-order valence-corrected chi connectivity index (χ2v) is 5.41. The van der Waals surface area contributed by atoms with Gasteiger partial charge in [0.15, 0.2) is 0 Å². The molecule has 0 saturated carbocycles. The Bertz CT molecular complexity index is 487. The molecule has 1 amide bonds. The molecule has 17 heavy (non-hydrogen) atoms. The number of carbonyl (C=O) groups excluding carboxylic acids is 1. The molecule has 0 aromatic heterocycles. The molecule has 1 aromatic rings.